The molecule has 3 N–H and O–H groups in total. The van der Waals surface area contributed by atoms with E-state index in [-0.39, 0.29) is 24.3 Å². The fourth-order valence-electron chi connectivity index (χ4n) is 5.27. The number of primary amides is 1. The van der Waals surface area contributed by atoms with Crippen LogP contribution in [0.2, 0.25) is 0 Å². The van der Waals surface area contributed by atoms with Gasteiger partial charge >= 0.3 is 0 Å². The molecule has 39 heavy (non-hydrogen) atoms. The second-order valence-corrected chi connectivity index (χ2v) is 10.5. The van der Waals surface area contributed by atoms with Crippen molar-refractivity contribution in [1.29, 1.82) is 0 Å². The van der Waals surface area contributed by atoms with E-state index in [0.29, 0.717) is 17.7 Å². The van der Waals surface area contributed by atoms with E-state index >= 15 is 0 Å². The van der Waals surface area contributed by atoms with E-state index in [0.717, 1.165) is 49.0 Å². The minimum atomic E-state index is -1.16. The maximum absolute atomic E-state index is 14.9. The van der Waals surface area contributed by atoms with Crippen LogP contribution in [0, 0.1) is 11.6 Å². The number of fused-ring (bicyclic) bond motifs is 1. The summed E-state index contributed by atoms with van der Waals surface area (Å²) in [5.41, 5.74) is 9.43. The number of benzene rings is 3. The van der Waals surface area contributed by atoms with Gasteiger partial charge in [0.05, 0.1) is 24.9 Å². The van der Waals surface area contributed by atoms with Gasteiger partial charge in [-0.1, -0.05) is 30.3 Å². The standard InChI is InChI=1S/C30H31F2N3O4/c31-22-6-2-18(3-7-22)19-4-10-24-21(14-19)17-38-35(28(24)30(33)37)26(16-34-12-1-13-34)29(36)20-5-11-27(25(32)15-20)39-23-8-9-23/h2-7,10-11,14-15,23,26,28-29,36H,1,8-9,12-13,16-17H2,(H2,33,37)/t26-,28?,29-/m1/s1. The Bertz CT molecular complexity index is 1360. The predicted octanol–water partition coefficient (Wildman–Crippen LogP) is 4.25. The fraction of sp³-hybridized carbons (Fsp3) is 0.367. The average Bonchev–Trinajstić information content (AvgIpc) is 3.72. The highest BCUT2D eigenvalue weighted by atomic mass is 19.1. The number of hydrogen-bond donors (Lipinski definition) is 2. The Morgan fingerprint density at radius 2 is 1.79 bits per heavy atom. The van der Waals surface area contributed by atoms with Gasteiger partial charge < -0.3 is 20.5 Å². The van der Waals surface area contributed by atoms with Gasteiger partial charge in [0.2, 0.25) is 5.91 Å². The molecule has 3 atom stereocenters. The van der Waals surface area contributed by atoms with Crippen LogP contribution in [-0.2, 0) is 16.2 Å². The van der Waals surface area contributed by atoms with Crippen LogP contribution in [0.4, 0.5) is 8.78 Å². The Hall–Kier alpha value is -3.37. The molecule has 204 valence electrons. The van der Waals surface area contributed by atoms with E-state index in [9.17, 15) is 18.7 Å². The van der Waals surface area contributed by atoms with Crippen molar-refractivity contribution >= 4 is 5.91 Å². The fourth-order valence-corrected chi connectivity index (χ4v) is 5.27. The average molecular weight is 536 g/mol. The van der Waals surface area contributed by atoms with Crippen LogP contribution in [0.1, 0.15) is 48.1 Å². The summed E-state index contributed by atoms with van der Waals surface area (Å²) in [5.74, 6) is -1.31. The predicted molar refractivity (Wildman–Crippen MR) is 140 cm³/mol. The molecule has 3 aromatic carbocycles. The van der Waals surface area contributed by atoms with E-state index in [1.54, 1.807) is 24.3 Å². The second-order valence-electron chi connectivity index (χ2n) is 10.5. The highest BCUT2D eigenvalue weighted by Gasteiger charge is 2.42. The molecule has 0 aromatic heterocycles. The Kier molecular flexibility index (Phi) is 7.07. The third kappa shape index (κ3) is 5.40. The summed E-state index contributed by atoms with van der Waals surface area (Å²) in [5, 5.41) is 13.0. The number of aliphatic hydroxyl groups is 1. The van der Waals surface area contributed by atoms with Gasteiger partial charge in [-0.05, 0) is 90.5 Å². The molecular formula is C30H31F2N3O4. The highest BCUT2D eigenvalue weighted by molar-refractivity contribution is 5.82. The number of carbonyl (C=O) groups is 1. The first-order valence-corrected chi connectivity index (χ1v) is 13.3. The number of nitrogens with zero attached hydrogens (tertiary/aromatic N) is 2. The summed E-state index contributed by atoms with van der Waals surface area (Å²) in [6.07, 6.45) is 1.76. The molecule has 1 amide bonds. The van der Waals surface area contributed by atoms with Crippen LogP contribution in [0.15, 0.2) is 60.7 Å². The maximum Gasteiger partial charge on any atom is 0.241 e. The van der Waals surface area contributed by atoms with Crippen molar-refractivity contribution in [3.05, 3.63) is 89.0 Å². The number of ether oxygens (including phenoxy) is 1. The first-order chi connectivity index (χ1) is 18.9. The van der Waals surface area contributed by atoms with Crippen LogP contribution in [0.3, 0.4) is 0 Å². The summed E-state index contributed by atoms with van der Waals surface area (Å²) in [7, 11) is 0. The summed E-state index contributed by atoms with van der Waals surface area (Å²) < 4.78 is 33.9. The topological polar surface area (TPSA) is 88.3 Å². The molecule has 2 heterocycles. The molecule has 3 aliphatic rings. The zero-order valence-corrected chi connectivity index (χ0v) is 21.4. The molecule has 9 heteroatoms. The molecule has 0 bridgehead atoms. The quantitative estimate of drug-likeness (QED) is 0.426. The minimum absolute atomic E-state index is 0.0520. The Morgan fingerprint density at radius 3 is 2.44 bits per heavy atom. The molecule has 1 unspecified atom stereocenters. The summed E-state index contributed by atoms with van der Waals surface area (Å²) >= 11 is 0. The van der Waals surface area contributed by atoms with Gasteiger partial charge in [-0.2, -0.15) is 5.06 Å². The number of halogens is 2. The van der Waals surface area contributed by atoms with Crippen LogP contribution >= 0.6 is 0 Å². The Balaban J connectivity index is 1.31. The Labute approximate surface area is 225 Å². The molecule has 1 saturated heterocycles. The molecule has 1 saturated carbocycles. The van der Waals surface area contributed by atoms with Gasteiger partial charge in [-0.3, -0.25) is 9.63 Å². The monoisotopic (exact) mass is 535 g/mol. The number of nitrogens with two attached hydrogens (primary N) is 1. The van der Waals surface area contributed by atoms with Gasteiger partial charge in [0.15, 0.2) is 11.6 Å². The van der Waals surface area contributed by atoms with E-state index in [1.807, 2.05) is 18.2 Å². The van der Waals surface area contributed by atoms with Gasteiger partial charge in [0, 0.05) is 6.54 Å². The third-order valence-electron chi connectivity index (χ3n) is 7.71. The van der Waals surface area contributed by atoms with Crippen molar-refractivity contribution in [3.63, 3.8) is 0 Å². The van der Waals surface area contributed by atoms with Gasteiger partial charge in [-0.15, -0.1) is 0 Å². The summed E-state index contributed by atoms with van der Waals surface area (Å²) in [4.78, 5) is 21.1. The third-order valence-corrected chi connectivity index (χ3v) is 7.71. The lowest BCUT2D eigenvalue weighted by molar-refractivity contribution is -0.250. The van der Waals surface area contributed by atoms with Crippen molar-refractivity contribution < 1.29 is 28.3 Å². The first kappa shape index (κ1) is 25.9. The number of hydrogen-bond acceptors (Lipinski definition) is 6. The minimum Gasteiger partial charge on any atom is -0.487 e. The molecule has 1 aliphatic carbocycles. The first-order valence-electron chi connectivity index (χ1n) is 13.3. The Morgan fingerprint density at radius 1 is 1.05 bits per heavy atom. The molecule has 3 aromatic rings. The van der Waals surface area contributed by atoms with Gasteiger partial charge in [0.25, 0.3) is 0 Å². The SMILES string of the molecule is NC(=O)C1c2ccc(-c3ccc(F)cc3)cc2CON1[C@H](CN1CCC1)[C@H](O)c1ccc(OC2CC2)c(F)c1. The maximum atomic E-state index is 14.9. The van der Waals surface area contributed by atoms with Crippen molar-refractivity contribution in [1.82, 2.24) is 9.96 Å². The number of likely N-dealkylation sites (tertiary alicyclic amines) is 1. The summed E-state index contributed by atoms with van der Waals surface area (Å²) in [6.45, 7) is 2.28. The lowest BCUT2D eigenvalue weighted by Gasteiger charge is -2.44. The number of hydroxylamine groups is 2. The van der Waals surface area contributed by atoms with Gasteiger partial charge in [0.1, 0.15) is 11.9 Å². The van der Waals surface area contributed by atoms with Crippen LogP contribution < -0.4 is 10.5 Å². The highest BCUT2D eigenvalue weighted by Crippen LogP contribution is 2.39. The normalized spacial score (nSPS) is 21.1. The second kappa shape index (κ2) is 10.7. The van der Waals surface area contributed by atoms with Crippen LogP contribution in [0.5, 0.6) is 5.75 Å². The molecule has 0 radical (unpaired) electrons. The van der Waals surface area contributed by atoms with E-state index in [2.05, 4.69) is 4.90 Å². The molecule has 2 fully saturated rings. The zero-order valence-electron chi connectivity index (χ0n) is 21.4. The molecule has 6 rings (SSSR count). The van der Waals surface area contributed by atoms with E-state index in [1.165, 1.54) is 23.3 Å². The number of carbonyl (C=O) groups excluding carboxylic acids is 1. The molecule has 0 spiro atoms. The molecular weight excluding hydrogens is 504 g/mol. The molecule has 7 nitrogen and oxygen atoms in total. The van der Waals surface area contributed by atoms with Gasteiger partial charge in [-0.25, -0.2) is 8.78 Å². The van der Waals surface area contributed by atoms with Crippen LogP contribution in [0.25, 0.3) is 11.1 Å². The summed E-state index contributed by atoms with van der Waals surface area (Å²) in [6, 6.07) is 14.6. The zero-order chi connectivity index (χ0) is 27.1. The van der Waals surface area contributed by atoms with Crippen molar-refractivity contribution in [2.24, 2.45) is 5.73 Å². The smallest absolute Gasteiger partial charge is 0.241 e. The number of aliphatic hydroxyl groups excluding tert-OH is 1. The number of amides is 1. The lowest BCUT2D eigenvalue weighted by Crippen LogP contribution is -2.55. The van der Waals surface area contributed by atoms with Crippen molar-refractivity contribution in [2.75, 3.05) is 19.6 Å². The van der Waals surface area contributed by atoms with Crippen LogP contribution in [-0.4, -0.2) is 52.8 Å². The number of rotatable bonds is 9. The van der Waals surface area contributed by atoms with Crippen molar-refractivity contribution in [3.8, 4) is 16.9 Å². The lowest BCUT2D eigenvalue weighted by atomic mass is 9.92. The van der Waals surface area contributed by atoms with E-state index in [4.69, 9.17) is 15.3 Å². The largest absolute Gasteiger partial charge is 0.487 e. The van der Waals surface area contributed by atoms with Crippen molar-refractivity contribution in [2.45, 2.75) is 50.2 Å². The molecule has 2 aliphatic heterocycles. The van der Waals surface area contributed by atoms with E-state index < -0.39 is 29.9 Å².